The maximum Gasteiger partial charge on any atom is 0.475 e. The SMILES string of the molecule is C[C@@H](NC(=O)CCC(=O)CCCC(=O)CN1CCN(CC(=O)O)CCN(CC(=O)O)CCN(CC(=O)O)CC1)C(=O)N1CCC[C@H]1B(O)O. The number of aliphatic carboxylic acids is 3. The first-order valence-electron chi connectivity index (χ1n) is 16.7. The Kier molecular flexibility index (Phi) is 18.3. The van der Waals surface area contributed by atoms with Crippen LogP contribution in [0.2, 0.25) is 0 Å². The van der Waals surface area contributed by atoms with Crippen LogP contribution in [0, 0.1) is 0 Å². The van der Waals surface area contributed by atoms with Gasteiger partial charge in [0.1, 0.15) is 17.6 Å². The molecule has 2 fully saturated rings. The maximum absolute atomic E-state index is 12.9. The van der Waals surface area contributed by atoms with Gasteiger partial charge in [-0.25, -0.2) is 0 Å². The molecule has 0 aliphatic carbocycles. The molecule has 0 aromatic rings. The zero-order valence-electron chi connectivity index (χ0n) is 28.2. The Morgan fingerprint density at radius 1 is 0.633 bits per heavy atom. The molecule has 0 aromatic carbocycles. The largest absolute Gasteiger partial charge is 0.480 e. The first-order valence-corrected chi connectivity index (χ1v) is 16.7. The van der Waals surface area contributed by atoms with Crippen molar-refractivity contribution in [2.75, 3.05) is 85.1 Å². The van der Waals surface area contributed by atoms with Crippen LogP contribution < -0.4 is 5.32 Å². The zero-order valence-corrected chi connectivity index (χ0v) is 28.2. The van der Waals surface area contributed by atoms with E-state index in [1.807, 2.05) is 4.90 Å². The van der Waals surface area contributed by atoms with Crippen LogP contribution in [0.15, 0.2) is 0 Å². The van der Waals surface area contributed by atoms with Crippen LogP contribution in [0.3, 0.4) is 0 Å². The van der Waals surface area contributed by atoms with Gasteiger partial charge in [0.05, 0.1) is 32.1 Å². The fraction of sp³-hybridized carbons (Fsp3) is 0.767. The van der Waals surface area contributed by atoms with E-state index in [4.69, 9.17) is 0 Å². The fourth-order valence-corrected chi connectivity index (χ4v) is 5.97. The molecular weight excluding hydrogens is 647 g/mol. The van der Waals surface area contributed by atoms with E-state index in [9.17, 15) is 58.9 Å². The van der Waals surface area contributed by atoms with E-state index in [2.05, 4.69) is 5.32 Å². The van der Waals surface area contributed by atoms with Crippen molar-refractivity contribution in [1.29, 1.82) is 0 Å². The van der Waals surface area contributed by atoms with Crippen LogP contribution in [-0.2, 0) is 33.6 Å². The quantitative estimate of drug-likeness (QED) is 0.0784. The maximum atomic E-state index is 12.9. The molecule has 2 rings (SSSR count). The van der Waals surface area contributed by atoms with Crippen molar-refractivity contribution in [3.63, 3.8) is 0 Å². The van der Waals surface area contributed by atoms with Crippen LogP contribution in [0.4, 0.5) is 0 Å². The van der Waals surface area contributed by atoms with Crippen molar-refractivity contribution in [2.45, 2.75) is 63.9 Å². The van der Waals surface area contributed by atoms with Crippen LogP contribution in [0.1, 0.15) is 51.9 Å². The van der Waals surface area contributed by atoms with Crippen molar-refractivity contribution >= 4 is 48.4 Å². The number of ketones is 2. The Labute approximate surface area is 286 Å². The summed E-state index contributed by atoms with van der Waals surface area (Å²) < 4.78 is 0. The van der Waals surface area contributed by atoms with E-state index in [1.54, 1.807) is 14.7 Å². The number of hydrogen-bond acceptors (Lipinski definition) is 13. The molecule has 2 aliphatic heterocycles. The molecule has 0 spiro atoms. The van der Waals surface area contributed by atoms with Gasteiger partial charge in [0.2, 0.25) is 11.8 Å². The average Bonchev–Trinajstić information content (AvgIpc) is 3.51. The molecule has 18 nitrogen and oxygen atoms in total. The van der Waals surface area contributed by atoms with Gasteiger partial charge in [-0.05, 0) is 26.2 Å². The molecule has 0 unspecified atom stereocenters. The summed E-state index contributed by atoms with van der Waals surface area (Å²) in [5.74, 6) is -5.16. The number of carbonyl (C=O) groups excluding carboxylic acids is 4. The summed E-state index contributed by atoms with van der Waals surface area (Å²) in [5, 5.41) is 49.5. The normalized spacial score (nSPS) is 19.7. The van der Waals surface area contributed by atoms with Gasteiger partial charge in [0, 0.05) is 84.6 Å². The summed E-state index contributed by atoms with van der Waals surface area (Å²) >= 11 is 0. The molecule has 0 saturated carbocycles. The van der Waals surface area contributed by atoms with Crippen molar-refractivity contribution < 1.29 is 58.9 Å². The van der Waals surface area contributed by atoms with Gasteiger partial charge in [-0.1, -0.05) is 0 Å². The molecule has 6 N–H and O–H groups in total. The lowest BCUT2D eigenvalue weighted by Crippen LogP contribution is -2.52. The van der Waals surface area contributed by atoms with E-state index < -0.39 is 48.8 Å². The van der Waals surface area contributed by atoms with Gasteiger partial charge in [0.15, 0.2) is 0 Å². The predicted octanol–water partition coefficient (Wildman–Crippen LogP) is -2.94. The highest BCUT2D eigenvalue weighted by molar-refractivity contribution is 6.43. The minimum atomic E-state index is -1.67. The number of nitrogens with one attached hydrogen (secondary N) is 1. The van der Waals surface area contributed by atoms with Crippen LogP contribution in [-0.4, -0.2) is 195 Å². The second-order valence-electron chi connectivity index (χ2n) is 12.7. The second kappa shape index (κ2) is 21.6. The van der Waals surface area contributed by atoms with Crippen LogP contribution >= 0.6 is 0 Å². The number of hydrogen-bond donors (Lipinski definition) is 6. The predicted molar refractivity (Wildman–Crippen MR) is 174 cm³/mol. The minimum absolute atomic E-state index is 0.0145. The van der Waals surface area contributed by atoms with Crippen molar-refractivity contribution in [3.05, 3.63) is 0 Å². The van der Waals surface area contributed by atoms with E-state index in [0.717, 1.165) is 0 Å². The van der Waals surface area contributed by atoms with E-state index in [0.29, 0.717) is 32.5 Å². The summed E-state index contributed by atoms with van der Waals surface area (Å²) in [6, 6.07) is -0.899. The summed E-state index contributed by atoms with van der Waals surface area (Å²) in [7, 11) is -1.67. The number of carbonyl (C=O) groups is 7. The highest BCUT2D eigenvalue weighted by atomic mass is 16.4. The molecule has 49 heavy (non-hydrogen) atoms. The second-order valence-corrected chi connectivity index (χ2v) is 12.7. The van der Waals surface area contributed by atoms with Gasteiger partial charge in [-0.2, -0.15) is 0 Å². The molecule has 2 heterocycles. The van der Waals surface area contributed by atoms with Crippen LogP contribution in [0.25, 0.3) is 0 Å². The molecule has 276 valence electrons. The summed E-state index contributed by atoms with van der Waals surface area (Å²) in [5.41, 5.74) is 0. The third-order valence-electron chi connectivity index (χ3n) is 8.62. The van der Waals surface area contributed by atoms with E-state index >= 15 is 0 Å². The van der Waals surface area contributed by atoms with Gasteiger partial charge in [-0.3, -0.25) is 53.2 Å². The third kappa shape index (κ3) is 16.7. The Balaban J connectivity index is 1.85. The highest BCUT2D eigenvalue weighted by Gasteiger charge is 2.38. The molecule has 0 aromatic heterocycles. The Morgan fingerprint density at radius 3 is 1.49 bits per heavy atom. The molecule has 2 aliphatic rings. The smallest absolute Gasteiger partial charge is 0.475 e. The van der Waals surface area contributed by atoms with Gasteiger partial charge in [0.25, 0.3) is 0 Å². The minimum Gasteiger partial charge on any atom is -0.480 e. The topological polar surface area (TPSA) is 249 Å². The lowest BCUT2D eigenvalue weighted by Gasteiger charge is -2.32. The standard InChI is InChI=1S/C30H51BN6O12/c1-22(30(47)37-9-3-6-25(37)31(48)49)32-26(40)8-7-23(38)4-2-5-24(39)18-33-10-12-34(19-27(41)42)14-16-36(21-29(45)46)17-15-35(13-11-33)20-28(43)44/h22,25,48-49H,2-21H2,1H3,(H,32,40)(H,41,42)(H,43,44)(H,45,46)/t22-,25+/m1/s1. The van der Waals surface area contributed by atoms with Gasteiger partial charge < -0.3 is 35.6 Å². The molecule has 0 bridgehead atoms. The summed E-state index contributed by atoms with van der Waals surface area (Å²) in [4.78, 5) is 92.7. The highest BCUT2D eigenvalue weighted by Crippen LogP contribution is 2.19. The Hall–Kier alpha value is -3.49. The van der Waals surface area contributed by atoms with Gasteiger partial charge in [-0.15, -0.1) is 0 Å². The molecule has 2 atom stereocenters. The number of carboxylic acid groups (broad SMARTS) is 3. The molecular formula is C30H51BN6O12. The number of rotatable bonds is 18. The van der Waals surface area contributed by atoms with Crippen molar-refractivity contribution in [2.24, 2.45) is 0 Å². The van der Waals surface area contributed by atoms with Crippen LogP contribution in [0.5, 0.6) is 0 Å². The molecule has 19 heteroatoms. The Bertz CT molecular complexity index is 1130. The number of nitrogens with zero attached hydrogens (tertiary/aromatic N) is 5. The number of carboxylic acids is 3. The molecule has 0 radical (unpaired) electrons. The summed E-state index contributed by atoms with van der Waals surface area (Å²) in [6.45, 7) is 3.32. The summed E-state index contributed by atoms with van der Waals surface area (Å²) in [6.07, 6.45) is 1.29. The molecule has 2 saturated heterocycles. The Morgan fingerprint density at radius 2 is 1.06 bits per heavy atom. The zero-order chi connectivity index (χ0) is 36.5. The van der Waals surface area contributed by atoms with E-state index in [-0.39, 0.29) is 109 Å². The monoisotopic (exact) mass is 698 g/mol. The number of likely N-dealkylation sites (tertiary alicyclic amines) is 1. The molecule has 2 amide bonds. The fourth-order valence-electron chi connectivity index (χ4n) is 5.97. The third-order valence-corrected chi connectivity index (χ3v) is 8.62. The van der Waals surface area contributed by atoms with E-state index in [1.165, 1.54) is 11.8 Å². The van der Waals surface area contributed by atoms with Crippen molar-refractivity contribution in [3.8, 4) is 0 Å². The lowest BCUT2D eigenvalue weighted by atomic mass is 9.78. The first-order chi connectivity index (χ1) is 23.1. The van der Waals surface area contributed by atoms with Crippen molar-refractivity contribution in [1.82, 2.24) is 29.8 Å². The average molecular weight is 699 g/mol. The lowest BCUT2D eigenvalue weighted by molar-refractivity contribution is -0.140. The first kappa shape index (κ1) is 41.7. The van der Waals surface area contributed by atoms with Gasteiger partial charge >= 0.3 is 25.0 Å². The number of Topliss-reactive ketones (excluding diaryl/α,β-unsaturated/α-hetero) is 2. The number of amides is 2.